The molecule has 0 aliphatic carbocycles. The number of benzene rings is 1. The summed E-state index contributed by atoms with van der Waals surface area (Å²) in [5.74, 6) is 1.13. The standard InChI is InChI=1S/C16H22N6O/c1-12(16(23)21-9-8-13(11-21)10-17-2)22-19-15(18-20-22)14-6-4-3-5-7-14/h3-7,12-13,17H,8-11H2,1-2H3. The van der Waals surface area contributed by atoms with Crippen LogP contribution in [0.25, 0.3) is 11.4 Å². The fourth-order valence-corrected chi connectivity index (χ4v) is 2.94. The quantitative estimate of drug-likeness (QED) is 0.890. The Morgan fingerprint density at radius 2 is 2.17 bits per heavy atom. The van der Waals surface area contributed by atoms with Crippen LogP contribution in [0.3, 0.4) is 0 Å². The maximum absolute atomic E-state index is 12.6. The van der Waals surface area contributed by atoms with Crippen LogP contribution in [-0.2, 0) is 4.79 Å². The maximum Gasteiger partial charge on any atom is 0.249 e. The third-order valence-corrected chi connectivity index (χ3v) is 4.25. The van der Waals surface area contributed by atoms with Crippen LogP contribution in [-0.4, -0.2) is 57.7 Å². The van der Waals surface area contributed by atoms with Gasteiger partial charge in [0.25, 0.3) is 0 Å². The minimum Gasteiger partial charge on any atom is -0.340 e. The Morgan fingerprint density at radius 1 is 1.39 bits per heavy atom. The molecule has 7 heteroatoms. The van der Waals surface area contributed by atoms with E-state index in [4.69, 9.17) is 0 Å². The van der Waals surface area contributed by atoms with Crippen LogP contribution < -0.4 is 5.32 Å². The average molecular weight is 314 g/mol. The molecule has 122 valence electrons. The molecule has 1 fully saturated rings. The number of hydrogen-bond acceptors (Lipinski definition) is 5. The Labute approximate surface area is 135 Å². The van der Waals surface area contributed by atoms with Crippen LogP contribution in [0.4, 0.5) is 0 Å². The number of tetrazole rings is 1. The molecule has 2 atom stereocenters. The number of rotatable bonds is 5. The second kappa shape index (κ2) is 6.87. The summed E-state index contributed by atoms with van der Waals surface area (Å²) in [6.07, 6.45) is 1.04. The molecular formula is C16H22N6O. The van der Waals surface area contributed by atoms with Gasteiger partial charge in [0.15, 0.2) is 0 Å². The van der Waals surface area contributed by atoms with E-state index in [0.29, 0.717) is 11.7 Å². The van der Waals surface area contributed by atoms with E-state index in [1.807, 2.05) is 49.2 Å². The van der Waals surface area contributed by atoms with Crippen LogP contribution in [0.5, 0.6) is 0 Å². The van der Waals surface area contributed by atoms with Crippen molar-refractivity contribution < 1.29 is 4.79 Å². The van der Waals surface area contributed by atoms with Crippen LogP contribution >= 0.6 is 0 Å². The van der Waals surface area contributed by atoms with Crippen molar-refractivity contribution in [1.29, 1.82) is 0 Å². The molecule has 2 unspecified atom stereocenters. The van der Waals surface area contributed by atoms with E-state index in [2.05, 4.69) is 20.7 Å². The molecule has 1 saturated heterocycles. The van der Waals surface area contributed by atoms with E-state index in [1.54, 1.807) is 0 Å². The first kappa shape index (κ1) is 15.6. The zero-order chi connectivity index (χ0) is 16.2. The van der Waals surface area contributed by atoms with Gasteiger partial charge in [-0.05, 0) is 38.1 Å². The van der Waals surface area contributed by atoms with Gasteiger partial charge >= 0.3 is 0 Å². The molecule has 7 nitrogen and oxygen atoms in total. The highest BCUT2D eigenvalue weighted by Gasteiger charge is 2.30. The number of nitrogens with zero attached hydrogens (tertiary/aromatic N) is 5. The zero-order valence-corrected chi connectivity index (χ0v) is 13.5. The van der Waals surface area contributed by atoms with Crippen molar-refractivity contribution in [2.45, 2.75) is 19.4 Å². The van der Waals surface area contributed by atoms with Crippen LogP contribution in [0.15, 0.2) is 30.3 Å². The average Bonchev–Trinajstić information content (AvgIpc) is 3.24. The predicted octanol–water partition coefficient (Wildman–Crippen LogP) is 0.969. The van der Waals surface area contributed by atoms with Crippen LogP contribution in [0, 0.1) is 5.92 Å². The van der Waals surface area contributed by atoms with E-state index in [-0.39, 0.29) is 5.91 Å². The van der Waals surface area contributed by atoms with Crippen molar-refractivity contribution in [3.05, 3.63) is 30.3 Å². The van der Waals surface area contributed by atoms with E-state index >= 15 is 0 Å². The topological polar surface area (TPSA) is 75.9 Å². The molecule has 2 aromatic rings. The van der Waals surface area contributed by atoms with E-state index in [1.165, 1.54) is 4.80 Å². The minimum absolute atomic E-state index is 0.0561. The first-order valence-electron chi connectivity index (χ1n) is 7.97. The Morgan fingerprint density at radius 3 is 2.91 bits per heavy atom. The highest BCUT2D eigenvalue weighted by molar-refractivity contribution is 5.80. The summed E-state index contributed by atoms with van der Waals surface area (Å²) in [5, 5.41) is 15.7. The fourth-order valence-electron chi connectivity index (χ4n) is 2.94. The Kier molecular flexibility index (Phi) is 4.66. The van der Waals surface area contributed by atoms with Gasteiger partial charge < -0.3 is 10.2 Å². The SMILES string of the molecule is CNCC1CCN(C(=O)C(C)n2nnc(-c3ccccc3)n2)C1. The summed E-state index contributed by atoms with van der Waals surface area (Å²) < 4.78 is 0. The van der Waals surface area contributed by atoms with Crippen molar-refractivity contribution in [3.8, 4) is 11.4 Å². The van der Waals surface area contributed by atoms with Gasteiger partial charge in [-0.15, -0.1) is 10.2 Å². The molecule has 23 heavy (non-hydrogen) atoms. The van der Waals surface area contributed by atoms with Crippen molar-refractivity contribution in [2.75, 3.05) is 26.7 Å². The summed E-state index contributed by atoms with van der Waals surface area (Å²) in [7, 11) is 1.94. The summed E-state index contributed by atoms with van der Waals surface area (Å²) in [4.78, 5) is 15.9. The van der Waals surface area contributed by atoms with Crippen molar-refractivity contribution in [3.63, 3.8) is 0 Å². The third kappa shape index (κ3) is 3.39. The van der Waals surface area contributed by atoms with Crippen molar-refractivity contribution in [1.82, 2.24) is 30.4 Å². The lowest BCUT2D eigenvalue weighted by Gasteiger charge is -2.20. The van der Waals surface area contributed by atoms with Gasteiger partial charge in [0.2, 0.25) is 11.7 Å². The lowest BCUT2D eigenvalue weighted by molar-refractivity contribution is -0.134. The second-order valence-electron chi connectivity index (χ2n) is 5.97. The number of nitrogens with one attached hydrogen (secondary N) is 1. The Hall–Kier alpha value is -2.28. The first-order valence-corrected chi connectivity index (χ1v) is 7.97. The Balaban J connectivity index is 1.68. The third-order valence-electron chi connectivity index (χ3n) is 4.25. The molecule has 0 spiro atoms. The number of aromatic nitrogens is 4. The summed E-state index contributed by atoms with van der Waals surface area (Å²) in [6, 6.07) is 9.21. The van der Waals surface area contributed by atoms with Gasteiger partial charge in [-0.25, -0.2) is 0 Å². The monoisotopic (exact) mass is 314 g/mol. The lowest BCUT2D eigenvalue weighted by atomic mass is 10.1. The Bertz CT molecular complexity index is 656. The van der Waals surface area contributed by atoms with E-state index < -0.39 is 6.04 Å². The molecule has 0 bridgehead atoms. The first-order chi connectivity index (χ1) is 11.2. The molecule has 1 aromatic carbocycles. The van der Waals surface area contributed by atoms with Crippen molar-refractivity contribution in [2.24, 2.45) is 5.92 Å². The number of hydrogen-bond donors (Lipinski definition) is 1. The second-order valence-corrected chi connectivity index (χ2v) is 5.97. The van der Waals surface area contributed by atoms with Crippen molar-refractivity contribution >= 4 is 5.91 Å². The molecule has 1 amide bonds. The van der Waals surface area contributed by atoms with E-state index in [0.717, 1.165) is 31.6 Å². The van der Waals surface area contributed by atoms with Gasteiger partial charge in [0, 0.05) is 18.7 Å². The predicted molar refractivity (Wildman–Crippen MR) is 86.6 cm³/mol. The molecule has 0 saturated carbocycles. The summed E-state index contributed by atoms with van der Waals surface area (Å²) in [6.45, 7) is 4.36. The number of carbonyl (C=O) groups excluding carboxylic acids is 1. The number of carbonyl (C=O) groups is 1. The van der Waals surface area contributed by atoms with Gasteiger partial charge in [0.1, 0.15) is 6.04 Å². The summed E-state index contributed by atoms with van der Waals surface area (Å²) in [5.41, 5.74) is 0.897. The normalized spacial score (nSPS) is 19.0. The number of amides is 1. The van der Waals surface area contributed by atoms with E-state index in [9.17, 15) is 4.79 Å². The molecule has 1 N–H and O–H groups in total. The number of likely N-dealkylation sites (tertiary alicyclic amines) is 1. The molecule has 0 radical (unpaired) electrons. The van der Waals surface area contributed by atoms with Gasteiger partial charge in [-0.1, -0.05) is 30.3 Å². The minimum atomic E-state index is -0.437. The highest BCUT2D eigenvalue weighted by Crippen LogP contribution is 2.20. The van der Waals surface area contributed by atoms with Gasteiger partial charge in [-0.2, -0.15) is 4.80 Å². The highest BCUT2D eigenvalue weighted by atomic mass is 16.2. The molecule has 2 heterocycles. The lowest BCUT2D eigenvalue weighted by Crippen LogP contribution is -2.36. The van der Waals surface area contributed by atoms with Gasteiger partial charge in [-0.3, -0.25) is 4.79 Å². The smallest absolute Gasteiger partial charge is 0.249 e. The van der Waals surface area contributed by atoms with Crippen LogP contribution in [0.1, 0.15) is 19.4 Å². The zero-order valence-electron chi connectivity index (χ0n) is 13.5. The van der Waals surface area contributed by atoms with Gasteiger partial charge in [0.05, 0.1) is 0 Å². The van der Waals surface area contributed by atoms with Crippen LogP contribution in [0.2, 0.25) is 0 Å². The summed E-state index contributed by atoms with van der Waals surface area (Å²) >= 11 is 0. The molecule has 1 aliphatic rings. The molecular weight excluding hydrogens is 292 g/mol. The molecule has 1 aliphatic heterocycles. The molecule has 3 rings (SSSR count). The molecule has 1 aromatic heterocycles. The fraction of sp³-hybridized carbons (Fsp3) is 0.500. The largest absolute Gasteiger partial charge is 0.340 e. The maximum atomic E-state index is 12.6.